The van der Waals surface area contributed by atoms with Crippen LogP contribution in [0.1, 0.15) is 23.8 Å². The molecule has 0 unspecified atom stereocenters. The monoisotopic (exact) mass is 525 g/mol. The van der Waals surface area contributed by atoms with E-state index in [1.807, 2.05) is 13.0 Å². The van der Waals surface area contributed by atoms with Crippen molar-refractivity contribution in [2.24, 2.45) is 4.99 Å². The van der Waals surface area contributed by atoms with Crippen LogP contribution in [0.15, 0.2) is 46.0 Å². The Balaban J connectivity index is 0.00000320. The molecule has 1 aliphatic rings. The molecule has 1 aliphatic heterocycles. The van der Waals surface area contributed by atoms with Crippen LogP contribution >= 0.6 is 24.0 Å². The lowest BCUT2D eigenvalue weighted by atomic mass is 10.1. The van der Waals surface area contributed by atoms with Gasteiger partial charge in [-0.2, -0.15) is 0 Å². The van der Waals surface area contributed by atoms with Crippen molar-refractivity contribution in [2.75, 3.05) is 44.2 Å². The predicted molar refractivity (Wildman–Crippen MR) is 132 cm³/mol. The highest BCUT2D eigenvalue weighted by molar-refractivity contribution is 14.0. The Morgan fingerprint density at radius 3 is 2.53 bits per heavy atom. The van der Waals surface area contributed by atoms with E-state index in [0.29, 0.717) is 6.54 Å². The number of anilines is 1. The van der Waals surface area contributed by atoms with E-state index in [4.69, 9.17) is 4.42 Å². The van der Waals surface area contributed by atoms with Gasteiger partial charge < -0.3 is 24.9 Å². The van der Waals surface area contributed by atoms with Crippen molar-refractivity contribution in [3.05, 3.63) is 53.5 Å². The maximum atomic E-state index is 12.1. The smallest absolute Gasteiger partial charge is 0.242 e. The predicted octanol–water partition coefficient (Wildman–Crippen LogP) is 2.92. The van der Waals surface area contributed by atoms with Gasteiger partial charge in [0.25, 0.3) is 0 Å². The molecule has 30 heavy (non-hydrogen) atoms. The number of aliphatic imine (C=N–C) groups is 1. The first-order valence-electron chi connectivity index (χ1n) is 10.2. The van der Waals surface area contributed by atoms with Gasteiger partial charge in [0, 0.05) is 38.4 Å². The Labute approximate surface area is 195 Å². The third kappa shape index (κ3) is 6.38. The van der Waals surface area contributed by atoms with Crippen LogP contribution in [0, 0.1) is 13.8 Å². The van der Waals surface area contributed by atoms with E-state index in [-0.39, 0.29) is 36.4 Å². The number of rotatable bonds is 6. The molecule has 2 heterocycles. The fourth-order valence-electron chi connectivity index (χ4n) is 3.46. The van der Waals surface area contributed by atoms with Gasteiger partial charge in [-0.15, -0.1) is 24.0 Å². The number of amides is 1. The van der Waals surface area contributed by atoms with Crippen molar-refractivity contribution in [3.8, 4) is 0 Å². The minimum absolute atomic E-state index is 0. The number of aryl methyl sites for hydroxylation is 1. The van der Waals surface area contributed by atoms with Gasteiger partial charge in [0.2, 0.25) is 5.91 Å². The van der Waals surface area contributed by atoms with E-state index in [2.05, 4.69) is 57.5 Å². The largest absolute Gasteiger partial charge is 0.467 e. The van der Waals surface area contributed by atoms with Crippen LogP contribution in [0.3, 0.4) is 0 Å². The third-order valence-electron chi connectivity index (χ3n) is 5.24. The number of furan rings is 1. The Morgan fingerprint density at radius 2 is 1.87 bits per heavy atom. The highest BCUT2D eigenvalue weighted by Crippen LogP contribution is 2.23. The molecule has 1 aromatic carbocycles. The summed E-state index contributed by atoms with van der Waals surface area (Å²) >= 11 is 0. The quantitative estimate of drug-likeness (QED) is 0.345. The van der Waals surface area contributed by atoms with Crippen molar-refractivity contribution in [1.29, 1.82) is 0 Å². The van der Waals surface area contributed by atoms with Crippen LogP contribution in [0.25, 0.3) is 0 Å². The summed E-state index contributed by atoms with van der Waals surface area (Å²) < 4.78 is 5.23. The number of nitrogens with zero attached hydrogens (tertiary/aromatic N) is 3. The number of nitrogens with one attached hydrogen (secondary N) is 2. The lowest BCUT2D eigenvalue weighted by Crippen LogP contribution is -2.53. The van der Waals surface area contributed by atoms with Gasteiger partial charge in [-0.3, -0.25) is 4.79 Å². The average Bonchev–Trinajstić information content (AvgIpc) is 3.25. The van der Waals surface area contributed by atoms with Crippen LogP contribution in [0.4, 0.5) is 5.69 Å². The first kappa shape index (κ1) is 24.0. The summed E-state index contributed by atoms with van der Waals surface area (Å²) in [6.45, 7) is 11.2. The second-order valence-corrected chi connectivity index (χ2v) is 7.22. The molecule has 2 aromatic rings. The highest BCUT2D eigenvalue weighted by atomic mass is 127. The zero-order chi connectivity index (χ0) is 20.6. The molecule has 7 nitrogen and oxygen atoms in total. The number of piperazine rings is 1. The maximum absolute atomic E-state index is 12.1. The standard InChI is InChI=1S/C22H31N5O2.HI/c1-4-23-22(25-16-21(28)24-15-19-8-6-14-29-19)27-12-10-26(11-13-27)20-9-5-7-17(2)18(20)3;/h5-9,14H,4,10-13,15-16H2,1-3H3,(H,23,25)(H,24,28);1H. The molecule has 0 atom stereocenters. The number of carbonyl (C=O) groups excluding carboxylic acids is 1. The zero-order valence-corrected chi connectivity index (χ0v) is 20.3. The number of hydrogen-bond donors (Lipinski definition) is 2. The van der Waals surface area contributed by atoms with Gasteiger partial charge in [-0.1, -0.05) is 12.1 Å². The molecular formula is C22H32IN5O2. The fraction of sp³-hybridized carbons (Fsp3) is 0.455. The maximum Gasteiger partial charge on any atom is 0.242 e. The van der Waals surface area contributed by atoms with Crippen molar-refractivity contribution in [2.45, 2.75) is 27.3 Å². The Hall–Kier alpha value is -2.23. The molecule has 164 valence electrons. The highest BCUT2D eigenvalue weighted by Gasteiger charge is 2.21. The molecule has 0 spiro atoms. The lowest BCUT2D eigenvalue weighted by molar-refractivity contribution is -0.119. The van der Waals surface area contributed by atoms with Gasteiger partial charge in [0.15, 0.2) is 5.96 Å². The van der Waals surface area contributed by atoms with Crippen molar-refractivity contribution in [3.63, 3.8) is 0 Å². The molecule has 1 saturated heterocycles. The van der Waals surface area contributed by atoms with Crippen LogP contribution < -0.4 is 15.5 Å². The fourth-order valence-corrected chi connectivity index (χ4v) is 3.46. The normalized spacial score (nSPS) is 14.3. The van der Waals surface area contributed by atoms with Gasteiger partial charge in [-0.25, -0.2) is 4.99 Å². The third-order valence-corrected chi connectivity index (χ3v) is 5.24. The first-order chi connectivity index (χ1) is 14.1. The Bertz CT molecular complexity index is 830. The molecule has 2 N–H and O–H groups in total. The van der Waals surface area contributed by atoms with E-state index < -0.39 is 0 Å². The number of carbonyl (C=O) groups is 1. The number of benzene rings is 1. The summed E-state index contributed by atoms with van der Waals surface area (Å²) in [5, 5.41) is 6.14. The van der Waals surface area contributed by atoms with Crippen molar-refractivity contribution >= 4 is 41.5 Å². The summed E-state index contributed by atoms with van der Waals surface area (Å²) in [5.74, 6) is 1.41. The molecule has 0 bridgehead atoms. The molecule has 8 heteroatoms. The van der Waals surface area contributed by atoms with E-state index in [0.717, 1.165) is 44.4 Å². The molecule has 1 fully saturated rings. The van der Waals surface area contributed by atoms with Crippen LogP contribution in [0.2, 0.25) is 0 Å². The summed E-state index contributed by atoms with van der Waals surface area (Å²) in [6, 6.07) is 10.1. The number of halogens is 1. The second-order valence-electron chi connectivity index (χ2n) is 7.22. The SMILES string of the molecule is CCNC(=NCC(=O)NCc1ccco1)N1CCN(c2cccc(C)c2C)CC1.I. The van der Waals surface area contributed by atoms with Crippen molar-refractivity contribution < 1.29 is 9.21 Å². The minimum atomic E-state index is -0.120. The lowest BCUT2D eigenvalue weighted by Gasteiger charge is -2.38. The van der Waals surface area contributed by atoms with Crippen LogP contribution in [-0.4, -0.2) is 56.0 Å². The van der Waals surface area contributed by atoms with Crippen LogP contribution in [0.5, 0.6) is 0 Å². The molecular weight excluding hydrogens is 493 g/mol. The zero-order valence-electron chi connectivity index (χ0n) is 18.0. The van der Waals surface area contributed by atoms with Gasteiger partial charge in [0.05, 0.1) is 12.8 Å². The van der Waals surface area contributed by atoms with E-state index in [9.17, 15) is 4.79 Å². The van der Waals surface area contributed by atoms with E-state index in [1.165, 1.54) is 16.8 Å². The van der Waals surface area contributed by atoms with Gasteiger partial charge in [-0.05, 0) is 50.1 Å². The Morgan fingerprint density at radius 1 is 1.10 bits per heavy atom. The van der Waals surface area contributed by atoms with Crippen LogP contribution in [-0.2, 0) is 11.3 Å². The van der Waals surface area contributed by atoms with Crippen molar-refractivity contribution in [1.82, 2.24) is 15.5 Å². The summed E-state index contributed by atoms with van der Waals surface area (Å²) in [5.41, 5.74) is 3.97. The molecule has 3 rings (SSSR count). The van der Waals surface area contributed by atoms with E-state index >= 15 is 0 Å². The summed E-state index contributed by atoms with van der Waals surface area (Å²) in [4.78, 5) is 21.3. The number of hydrogen-bond acceptors (Lipinski definition) is 4. The number of guanidine groups is 1. The molecule has 0 saturated carbocycles. The van der Waals surface area contributed by atoms with E-state index in [1.54, 1.807) is 12.3 Å². The Kier molecular flexibility index (Phi) is 9.48. The first-order valence-corrected chi connectivity index (χ1v) is 10.2. The second kappa shape index (κ2) is 11.8. The van der Waals surface area contributed by atoms with Gasteiger partial charge in [0.1, 0.15) is 12.3 Å². The molecule has 0 aliphatic carbocycles. The minimum Gasteiger partial charge on any atom is -0.467 e. The molecule has 1 aromatic heterocycles. The topological polar surface area (TPSA) is 73.1 Å². The summed E-state index contributed by atoms with van der Waals surface area (Å²) in [7, 11) is 0. The average molecular weight is 525 g/mol. The molecule has 1 amide bonds. The molecule has 0 radical (unpaired) electrons. The summed E-state index contributed by atoms with van der Waals surface area (Å²) in [6.07, 6.45) is 1.60. The van der Waals surface area contributed by atoms with Gasteiger partial charge >= 0.3 is 0 Å².